The summed E-state index contributed by atoms with van der Waals surface area (Å²) in [6, 6.07) is 8.31. The molecule has 0 spiro atoms. The van der Waals surface area contributed by atoms with E-state index in [1.54, 1.807) is 0 Å². The Labute approximate surface area is 95.1 Å². The minimum absolute atomic E-state index is 0.721. The fraction of sp³-hybridized carbons (Fsp3) is 0.333. The molecule has 4 heteroatoms. The first kappa shape index (κ1) is 10.8. The van der Waals surface area contributed by atoms with Crippen molar-refractivity contribution in [2.24, 2.45) is 0 Å². The maximum atomic E-state index is 3.90. The van der Waals surface area contributed by atoms with Crippen LogP contribution in [0.4, 0.5) is 0 Å². The monoisotopic (exact) mass is 215 g/mol. The van der Waals surface area contributed by atoms with E-state index >= 15 is 0 Å². The summed E-state index contributed by atoms with van der Waals surface area (Å²) in [4.78, 5) is 0. The highest BCUT2D eigenvalue weighted by Crippen LogP contribution is 2.16. The number of hydrogen-bond donors (Lipinski definition) is 1. The van der Waals surface area contributed by atoms with Crippen LogP contribution in [0, 0.1) is 6.92 Å². The molecule has 0 atom stereocenters. The molecule has 1 heterocycles. The predicted octanol–water partition coefficient (Wildman–Crippen LogP) is 2.41. The molecule has 1 N–H and O–H groups in total. The molecule has 0 bridgehead atoms. The van der Waals surface area contributed by atoms with Gasteiger partial charge >= 0.3 is 0 Å². The number of aromatic nitrogens is 4. The molecule has 2 rings (SSSR count). The summed E-state index contributed by atoms with van der Waals surface area (Å²) in [6.45, 7) is 3.84. The number of unbranched alkanes of at least 4 members (excludes halogenated alkanes) is 2. The van der Waals surface area contributed by atoms with Crippen molar-refractivity contribution in [1.29, 1.82) is 0 Å². The topological polar surface area (TPSA) is 54.5 Å². The summed E-state index contributed by atoms with van der Waals surface area (Å²) >= 11 is 0. The molecule has 0 fully saturated rings. The third-order valence-electron chi connectivity index (χ3n) is 2.51. The van der Waals surface area contributed by atoms with Gasteiger partial charge in [-0.15, -0.1) is 5.10 Å². The molecule has 16 heavy (non-hydrogen) atoms. The molecular formula is C12H15N4. The molecule has 4 nitrogen and oxygen atoms in total. The van der Waals surface area contributed by atoms with Crippen molar-refractivity contribution in [2.45, 2.75) is 25.7 Å². The molecule has 0 amide bonds. The average Bonchev–Trinajstić information content (AvgIpc) is 2.83. The molecule has 0 aliphatic heterocycles. The Kier molecular flexibility index (Phi) is 3.64. The number of aryl methyl sites for hydroxylation is 1. The molecule has 1 aromatic carbocycles. The Morgan fingerprint density at radius 3 is 2.94 bits per heavy atom. The van der Waals surface area contributed by atoms with E-state index in [1.165, 1.54) is 18.4 Å². The predicted molar refractivity (Wildman–Crippen MR) is 62.5 cm³/mol. The molecule has 2 aromatic rings. The number of aromatic amines is 1. The van der Waals surface area contributed by atoms with Crippen LogP contribution >= 0.6 is 0 Å². The maximum absolute atomic E-state index is 3.90. The van der Waals surface area contributed by atoms with Gasteiger partial charge in [0.1, 0.15) is 0 Å². The first-order valence-electron chi connectivity index (χ1n) is 5.52. The van der Waals surface area contributed by atoms with Crippen LogP contribution < -0.4 is 0 Å². The van der Waals surface area contributed by atoms with Crippen molar-refractivity contribution in [1.82, 2.24) is 20.6 Å². The lowest BCUT2D eigenvalue weighted by Gasteiger charge is -2.02. The van der Waals surface area contributed by atoms with Gasteiger partial charge in [0.05, 0.1) is 0 Å². The molecule has 0 aliphatic carbocycles. The van der Waals surface area contributed by atoms with Gasteiger partial charge in [0.2, 0.25) is 0 Å². The van der Waals surface area contributed by atoms with Crippen molar-refractivity contribution < 1.29 is 0 Å². The zero-order valence-electron chi connectivity index (χ0n) is 9.19. The quantitative estimate of drug-likeness (QED) is 0.779. The van der Waals surface area contributed by atoms with Crippen LogP contribution in [0.25, 0.3) is 11.4 Å². The van der Waals surface area contributed by atoms with Crippen LogP contribution in [0.15, 0.2) is 24.3 Å². The Morgan fingerprint density at radius 2 is 2.19 bits per heavy atom. The van der Waals surface area contributed by atoms with Crippen LogP contribution in [0.2, 0.25) is 0 Å². The molecule has 0 saturated carbocycles. The van der Waals surface area contributed by atoms with Crippen molar-refractivity contribution >= 4 is 0 Å². The van der Waals surface area contributed by atoms with Crippen molar-refractivity contribution in [3.8, 4) is 11.4 Å². The second-order valence-corrected chi connectivity index (χ2v) is 3.76. The molecule has 0 saturated heterocycles. The van der Waals surface area contributed by atoms with E-state index in [0.717, 1.165) is 24.2 Å². The highest BCUT2D eigenvalue weighted by Gasteiger charge is 2.02. The van der Waals surface area contributed by atoms with Crippen LogP contribution in [0.5, 0.6) is 0 Å². The Hall–Kier alpha value is -1.71. The van der Waals surface area contributed by atoms with Gasteiger partial charge in [-0.1, -0.05) is 38.0 Å². The second-order valence-electron chi connectivity index (χ2n) is 3.76. The smallest absolute Gasteiger partial charge is 0.179 e. The molecule has 0 aliphatic rings. The van der Waals surface area contributed by atoms with Gasteiger partial charge in [-0.2, -0.15) is 0 Å². The highest BCUT2D eigenvalue weighted by atomic mass is 15.5. The summed E-state index contributed by atoms with van der Waals surface area (Å²) < 4.78 is 0. The van der Waals surface area contributed by atoms with E-state index in [2.05, 4.69) is 39.7 Å². The minimum atomic E-state index is 0.721. The zero-order chi connectivity index (χ0) is 11.2. The summed E-state index contributed by atoms with van der Waals surface area (Å²) in [6.07, 6.45) is 4.45. The minimum Gasteiger partial charge on any atom is -0.239 e. The summed E-state index contributed by atoms with van der Waals surface area (Å²) in [5.74, 6) is 0.721. The number of nitrogens with one attached hydrogen (secondary N) is 1. The summed E-state index contributed by atoms with van der Waals surface area (Å²) in [5.41, 5.74) is 2.36. The maximum Gasteiger partial charge on any atom is 0.179 e. The lowest BCUT2D eigenvalue weighted by Crippen LogP contribution is -1.88. The third kappa shape index (κ3) is 2.66. The fourth-order valence-corrected chi connectivity index (χ4v) is 1.66. The molecular weight excluding hydrogens is 200 g/mol. The van der Waals surface area contributed by atoms with Crippen LogP contribution in [-0.4, -0.2) is 20.6 Å². The van der Waals surface area contributed by atoms with Gasteiger partial charge in [0, 0.05) is 5.56 Å². The normalized spacial score (nSPS) is 10.6. The number of hydrogen-bond acceptors (Lipinski definition) is 3. The largest absolute Gasteiger partial charge is 0.239 e. The van der Waals surface area contributed by atoms with Crippen molar-refractivity contribution in [2.75, 3.05) is 0 Å². The number of nitrogens with zero attached hydrogens (tertiary/aromatic N) is 3. The van der Waals surface area contributed by atoms with E-state index < -0.39 is 0 Å². The van der Waals surface area contributed by atoms with E-state index in [9.17, 15) is 0 Å². The zero-order valence-corrected chi connectivity index (χ0v) is 9.19. The van der Waals surface area contributed by atoms with E-state index in [4.69, 9.17) is 0 Å². The molecule has 1 aromatic heterocycles. The van der Waals surface area contributed by atoms with E-state index in [-0.39, 0.29) is 0 Å². The van der Waals surface area contributed by atoms with Gasteiger partial charge in [0.15, 0.2) is 5.82 Å². The Morgan fingerprint density at radius 1 is 1.25 bits per heavy atom. The number of benzene rings is 1. The lowest BCUT2D eigenvalue weighted by molar-refractivity contribution is 0.746. The van der Waals surface area contributed by atoms with Gasteiger partial charge in [-0.05, 0) is 34.9 Å². The van der Waals surface area contributed by atoms with E-state index in [1.807, 2.05) is 12.1 Å². The Balaban J connectivity index is 2.08. The van der Waals surface area contributed by atoms with Gasteiger partial charge in [0.25, 0.3) is 0 Å². The van der Waals surface area contributed by atoms with Crippen molar-refractivity contribution in [3.05, 3.63) is 36.8 Å². The van der Waals surface area contributed by atoms with Gasteiger partial charge < -0.3 is 0 Å². The first-order valence-corrected chi connectivity index (χ1v) is 5.52. The number of tetrazole rings is 1. The van der Waals surface area contributed by atoms with E-state index in [0.29, 0.717) is 0 Å². The number of rotatable bonds is 5. The average molecular weight is 215 g/mol. The highest BCUT2D eigenvalue weighted by molar-refractivity contribution is 5.54. The summed E-state index contributed by atoms with van der Waals surface area (Å²) in [5, 5.41) is 13.8. The number of H-pyrrole nitrogens is 1. The van der Waals surface area contributed by atoms with Crippen LogP contribution in [0.3, 0.4) is 0 Å². The Bertz CT molecular complexity index is 422. The van der Waals surface area contributed by atoms with Crippen LogP contribution in [0.1, 0.15) is 24.8 Å². The molecule has 1 radical (unpaired) electrons. The standard InChI is InChI=1S/C12H15N4/c1-2-3-4-6-10-7-5-8-11(9-10)12-13-15-16-14-12/h5,7-9H,1-4,6H2,(H,13,14,15,16). The fourth-order valence-electron chi connectivity index (χ4n) is 1.66. The van der Waals surface area contributed by atoms with Crippen molar-refractivity contribution in [3.63, 3.8) is 0 Å². The van der Waals surface area contributed by atoms with Gasteiger partial charge in [-0.25, -0.2) is 5.10 Å². The first-order chi connectivity index (χ1) is 7.90. The molecule has 83 valence electrons. The lowest BCUT2D eigenvalue weighted by atomic mass is 10.0. The third-order valence-corrected chi connectivity index (χ3v) is 2.51. The summed E-state index contributed by atoms with van der Waals surface area (Å²) in [7, 11) is 0. The van der Waals surface area contributed by atoms with Gasteiger partial charge in [-0.3, -0.25) is 0 Å². The molecule has 0 unspecified atom stereocenters. The second kappa shape index (κ2) is 5.39. The van der Waals surface area contributed by atoms with Crippen LogP contribution in [-0.2, 0) is 6.42 Å². The SMILES string of the molecule is [CH2]CCCCc1cccc(-c2nnn[nH]2)c1.